The number of rotatable bonds is 11. The molecule has 0 bridgehead atoms. The number of nitrogens with one attached hydrogen (secondary N) is 1. The normalized spacial score (nSPS) is 11.6. The van der Waals surface area contributed by atoms with Crippen molar-refractivity contribution < 1.29 is 10.0 Å². The summed E-state index contributed by atoms with van der Waals surface area (Å²) in [7, 11) is 0. The van der Waals surface area contributed by atoms with Crippen LogP contribution in [0.1, 0.15) is 91.4 Å². The van der Waals surface area contributed by atoms with Gasteiger partial charge in [-0.1, -0.05) is 72.1 Å². The van der Waals surface area contributed by atoms with Gasteiger partial charge < -0.3 is 0 Å². The standard InChI is InChI=1S/C16H33NO2/c1-16(2,3)14-12-10-8-6-4-5-7-9-11-13-15(18)17-19/h19H,4-14H2,1-3H3,(H,17,18). The molecule has 1 amide bonds. The molecule has 0 saturated heterocycles. The highest BCUT2D eigenvalue weighted by molar-refractivity contribution is 5.74. The average molecular weight is 271 g/mol. The second kappa shape index (κ2) is 11.3. The van der Waals surface area contributed by atoms with E-state index < -0.39 is 0 Å². The maximum Gasteiger partial charge on any atom is 0.243 e. The first kappa shape index (κ1) is 18.4. The number of hydroxylamine groups is 1. The Hall–Kier alpha value is -0.570. The molecule has 0 radical (unpaired) electrons. The molecule has 0 unspecified atom stereocenters. The quantitative estimate of drug-likeness (QED) is 0.321. The Balaban J connectivity index is 3.09. The van der Waals surface area contributed by atoms with Crippen molar-refractivity contribution in [1.29, 1.82) is 0 Å². The van der Waals surface area contributed by atoms with Crippen molar-refractivity contribution in [3.63, 3.8) is 0 Å². The molecule has 0 rings (SSSR count). The van der Waals surface area contributed by atoms with Crippen LogP contribution in [-0.2, 0) is 4.79 Å². The van der Waals surface area contributed by atoms with Crippen LogP contribution in [0.3, 0.4) is 0 Å². The number of hydrogen-bond donors (Lipinski definition) is 2. The molecule has 0 atom stereocenters. The molecule has 3 nitrogen and oxygen atoms in total. The monoisotopic (exact) mass is 271 g/mol. The Morgan fingerprint density at radius 3 is 1.68 bits per heavy atom. The molecule has 2 N–H and O–H groups in total. The molecule has 0 aliphatic rings. The van der Waals surface area contributed by atoms with Gasteiger partial charge in [-0.2, -0.15) is 0 Å². The predicted molar refractivity (Wildman–Crippen MR) is 80.2 cm³/mol. The summed E-state index contributed by atoms with van der Waals surface area (Å²) in [6.07, 6.45) is 13.0. The summed E-state index contributed by atoms with van der Waals surface area (Å²) in [4.78, 5) is 10.8. The summed E-state index contributed by atoms with van der Waals surface area (Å²) in [5, 5.41) is 8.33. The van der Waals surface area contributed by atoms with Gasteiger partial charge in [0, 0.05) is 6.42 Å². The van der Waals surface area contributed by atoms with E-state index >= 15 is 0 Å². The first-order valence-corrected chi connectivity index (χ1v) is 7.88. The van der Waals surface area contributed by atoms with Crippen LogP contribution in [0, 0.1) is 5.41 Å². The summed E-state index contributed by atoms with van der Waals surface area (Å²) < 4.78 is 0. The molecular formula is C16H33NO2. The van der Waals surface area contributed by atoms with Crippen molar-refractivity contribution in [2.24, 2.45) is 5.41 Å². The molecule has 0 aliphatic carbocycles. The second-order valence-electron chi connectivity index (χ2n) is 6.78. The first-order valence-electron chi connectivity index (χ1n) is 7.88. The maximum atomic E-state index is 10.8. The Kier molecular flexibility index (Phi) is 10.9. The molecule has 0 aromatic carbocycles. The van der Waals surface area contributed by atoms with Gasteiger partial charge >= 0.3 is 0 Å². The average Bonchev–Trinajstić information content (AvgIpc) is 2.34. The van der Waals surface area contributed by atoms with E-state index in [4.69, 9.17) is 5.21 Å². The Morgan fingerprint density at radius 2 is 1.26 bits per heavy atom. The lowest BCUT2D eigenvalue weighted by molar-refractivity contribution is -0.129. The third-order valence-corrected chi connectivity index (χ3v) is 3.46. The summed E-state index contributed by atoms with van der Waals surface area (Å²) in [6, 6.07) is 0. The zero-order valence-corrected chi connectivity index (χ0v) is 13.1. The summed E-state index contributed by atoms with van der Waals surface area (Å²) >= 11 is 0. The highest BCUT2D eigenvalue weighted by Crippen LogP contribution is 2.22. The van der Waals surface area contributed by atoms with Gasteiger partial charge in [0.2, 0.25) is 5.91 Å². The van der Waals surface area contributed by atoms with E-state index in [9.17, 15) is 4.79 Å². The fraction of sp³-hybridized carbons (Fsp3) is 0.938. The van der Waals surface area contributed by atoms with E-state index in [1.165, 1.54) is 51.4 Å². The largest absolute Gasteiger partial charge is 0.289 e. The summed E-state index contributed by atoms with van der Waals surface area (Å²) in [5.74, 6) is -0.265. The van der Waals surface area contributed by atoms with Crippen molar-refractivity contribution in [3.05, 3.63) is 0 Å². The van der Waals surface area contributed by atoms with Crippen molar-refractivity contribution in [2.75, 3.05) is 0 Å². The molecule has 3 heteroatoms. The van der Waals surface area contributed by atoms with Gasteiger partial charge in [-0.25, -0.2) is 5.48 Å². The molecular weight excluding hydrogens is 238 g/mol. The van der Waals surface area contributed by atoms with Crippen LogP contribution < -0.4 is 5.48 Å². The van der Waals surface area contributed by atoms with Gasteiger partial charge in [0.05, 0.1) is 0 Å². The molecule has 0 spiro atoms. The fourth-order valence-electron chi connectivity index (χ4n) is 2.23. The van der Waals surface area contributed by atoms with E-state index in [0.717, 1.165) is 12.8 Å². The van der Waals surface area contributed by atoms with Crippen LogP contribution in [0.25, 0.3) is 0 Å². The van der Waals surface area contributed by atoms with E-state index in [2.05, 4.69) is 20.8 Å². The SMILES string of the molecule is CC(C)(C)CCCCCCCCCCCC(=O)NO. The highest BCUT2D eigenvalue weighted by atomic mass is 16.5. The number of carbonyl (C=O) groups is 1. The lowest BCUT2D eigenvalue weighted by Gasteiger charge is -2.17. The number of unbranched alkanes of at least 4 members (excludes halogenated alkanes) is 8. The van der Waals surface area contributed by atoms with Crippen LogP contribution >= 0.6 is 0 Å². The summed E-state index contributed by atoms with van der Waals surface area (Å²) in [6.45, 7) is 6.93. The third-order valence-electron chi connectivity index (χ3n) is 3.46. The fourth-order valence-corrected chi connectivity index (χ4v) is 2.23. The number of carbonyl (C=O) groups excluding carboxylic acids is 1. The Labute approximate surface area is 119 Å². The maximum absolute atomic E-state index is 10.8. The zero-order valence-electron chi connectivity index (χ0n) is 13.1. The van der Waals surface area contributed by atoms with Gasteiger partial charge in [-0.15, -0.1) is 0 Å². The molecule has 114 valence electrons. The summed E-state index contributed by atoms with van der Waals surface area (Å²) in [5.41, 5.74) is 2.15. The van der Waals surface area contributed by atoms with Gasteiger partial charge in [0.1, 0.15) is 0 Å². The minimum atomic E-state index is -0.265. The van der Waals surface area contributed by atoms with Crippen molar-refractivity contribution in [1.82, 2.24) is 5.48 Å². The molecule has 0 aromatic heterocycles. The minimum Gasteiger partial charge on any atom is -0.289 e. The van der Waals surface area contributed by atoms with E-state index in [0.29, 0.717) is 11.8 Å². The lowest BCUT2D eigenvalue weighted by atomic mass is 9.89. The van der Waals surface area contributed by atoms with Gasteiger partial charge in [0.15, 0.2) is 0 Å². The van der Waals surface area contributed by atoms with Crippen LogP contribution in [0.15, 0.2) is 0 Å². The molecule has 0 saturated carbocycles. The van der Waals surface area contributed by atoms with Crippen molar-refractivity contribution >= 4 is 5.91 Å². The number of amides is 1. The predicted octanol–water partition coefficient (Wildman–Crippen LogP) is 4.83. The van der Waals surface area contributed by atoms with E-state index in [-0.39, 0.29) is 5.91 Å². The highest BCUT2D eigenvalue weighted by Gasteiger charge is 2.08. The lowest BCUT2D eigenvalue weighted by Crippen LogP contribution is -2.17. The minimum absolute atomic E-state index is 0.265. The molecule has 0 aromatic rings. The number of hydrogen-bond acceptors (Lipinski definition) is 2. The van der Waals surface area contributed by atoms with E-state index in [1.807, 2.05) is 0 Å². The van der Waals surface area contributed by atoms with Gasteiger partial charge in [-0.3, -0.25) is 10.0 Å². The molecule has 0 aliphatic heterocycles. The Bertz CT molecular complexity index is 221. The topological polar surface area (TPSA) is 49.3 Å². The van der Waals surface area contributed by atoms with Crippen LogP contribution in [0.2, 0.25) is 0 Å². The third kappa shape index (κ3) is 15.4. The van der Waals surface area contributed by atoms with Crippen molar-refractivity contribution in [3.8, 4) is 0 Å². The van der Waals surface area contributed by atoms with Gasteiger partial charge in [-0.05, 0) is 18.3 Å². The Morgan fingerprint density at radius 1 is 0.842 bits per heavy atom. The zero-order chi connectivity index (χ0) is 14.6. The smallest absolute Gasteiger partial charge is 0.243 e. The van der Waals surface area contributed by atoms with E-state index in [1.54, 1.807) is 5.48 Å². The van der Waals surface area contributed by atoms with Crippen LogP contribution in [0.5, 0.6) is 0 Å². The second-order valence-corrected chi connectivity index (χ2v) is 6.78. The van der Waals surface area contributed by atoms with Gasteiger partial charge in [0.25, 0.3) is 0 Å². The molecule has 19 heavy (non-hydrogen) atoms. The molecule has 0 fully saturated rings. The van der Waals surface area contributed by atoms with Crippen molar-refractivity contribution in [2.45, 2.75) is 91.4 Å². The van der Waals surface area contributed by atoms with Crippen LogP contribution in [-0.4, -0.2) is 11.1 Å². The first-order chi connectivity index (χ1) is 8.95. The molecule has 0 heterocycles. The van der Waals surface area contributed by atoms with Crippen LogP contribution in [0.4, 0.5) is 0 Å².